The highest BCUT2D eigenvalue weighted by Crippen LogP contribution is 2.38. The first-order valence-electron chi connectivity index (χ1n) is 3.62. The van der Waals surface area contributed by atoms with Crippen LogP contribution in [0.3, 0.4) is 0 Å². The first kappa shape index (κ1) is 9.19. The molecule has 0 aromatic heterocycles. The SMILES string of the molecule is CN1N=Cc2ccc(Cl)c(Cl)c2S1. The quantitative estimate of drug-likeness (QED) is 0.639. The van der Waals surface area contributed by atoms with Crippen molar-refractivity contribution in [2.24, 2.45) is 5.10 Å². The number of hydrogen-bond acceptors (Lipinski definition) is 3. The lowest BCUT2D eigenvalue weighted by molar-refractivity contribution is 0.614. The van der Waals surface area contributed by atoms with Crippen molar-refractivity contribution in [2.45, 2.75) is 4.90 Å². The molecule has 0 amide bonds. The zero-order valence-electron chi connectivity index (χ0n) is 6.79. The molecule has 0 unspecified atom stereocenters. The van der Waals surface area contributed by atoms with Crippen LogP contribution in [-0.2, 0) is 0 Å². The Labute approximate surface area is 90.6 Å². The summed E-state index contributed by atoms with van der Waals surface area (Å²) in [7, 11) is 1.86. The van der Waals surface area contributed by atoms with Gasteiger partial charge in [0, 0.05) is 24.6 Å². The summed E-state index contributed by atoms with van der Waals surface area (Å²) in [6.07, 6.45) is 1.77. The van der Waals surface area contributed by atoms with Gasteiger partial charge >= 0.3 is 0 Å². The van der Waals surface area contributed by atoms with Gasteiger partial charge in [0.15, 0.2) is 0 Å². The molecular formula is C8H6Cl2N2S. The Kier molecular flexibility index (Phi) is 2.41. The highest BCUT2D eigenvalue weighted by Gasteiger charge is 2.15. The maximum absolute atomic E-state index is 6.04. The number of hydrazone groups is 1. The van der Waals surface area contributed by atoms with E-state index < -0.39 is 0 Å². The highest BCUT2D eigenvalue weighted by atomic mass is 35.5. The molecule has 0 aliphatic carbocycles. The Morgan fingerprint density at radius 3 is 2.92 bits per heavy atom. The number of hydrogen-bond donors (Lipinski definition) is 0. The molecule has 0 atom stereocenters. The van der Waals surface area contributed by atoms with E-state index in [2.05, 4.69) is 5.10 Å². The number of rotatable bonds is 0. The largest absolute Gasteiger partial charge is 0.237 e. The standard InChI is InChI=1S/C8H6Cl2N2S/c1-12-11-4-5-2-3-6(9)7(10)8(5)13-12/h2-4H,1H3. The third-order valence-corrected chi connectivity index (χ3v) is 3.56. The van der Waals surface area contributed by atoms with E-state index in [1.165, 1.54) is 11.9 Å². The van der Waals surface area contributed by atoms with Gasteiger partial charge in [0.2, 0.25) is 0 Å². The molecule has 1 aromatic rings. The van der Waals surface area contributed by atoms with E-state index in [1.54, 1.807) is 16.7 Å². The summed E-state index contributed by atoms with van der Waals surface area (Å²) < 4.78 is 1.74. The fourth-order valence-corrected chi connectivity index (χ4v) is 2.30. The van der Waals surface area contributed by atoms with E-state index in [0.717, 1.165) is 10.5 Å². The maximum atomic E-state index is 6.04. The van der Waals surface area contributed by atoms with Crippen LogP contribution < -0.4 is 0 Å². The van der Waals surface area contributed by atoms with Crippen LogP contribution in [0.25, 0.3) is 0 Å². The van der Waals surface area contributed by atoms with Gasteiger partial charge in [-0.15, -0.1) is 0 Å². The first-order chi connectivity index (χ1) is 6.18. The summed E-state index contributed by atoms with van der Waals surface area (Å²) in [5.41, 5.74) is 1.01. The molecule has 0 saturated carbocycles. The van der Waals surface area contributed by atoms with Crippen LogP contribution in [0.15, 0.2) is 22.1 Å². The average molecular weight is 233 g/mol. The van der Waals surface area contributed by atoms with Gasteiger partial charge in [0.1, 0.15) is 0 Å². The van der Waals surface area contributed by atoms with Gasteiger partial charge < -0.3 is 0 Å². The van der Waals surface area contributed by atoms with Crippen molar-refractivity contribution >= 4 is 41.4 Å². The van der Waals surface area contributed by atoms with Gasteiger partial charge in [-0.1, -0.05) is 29.3 Å². The summed E-state index contributed by atoms with van der Waals surface area (Å²) in [6, 6.07) is 3.69. The second-order valence-corrected chi connectivity index (χ2v) is 4.48. The minimum atomic E-state index is 0.580. The van der Waals surface area contributed by atoms with Crippen molar-refractivity contribution in [3.8, 4) is 0 Å². The fraction of sp³-hybridized carbons (Fsp3) is 0.125. The Morgan fingerprint density at radius 2 is 2.15 bits per heavy atom. The molecule has 1 aliphatic heterocycles. The average Bonchev–Trinajstić information content (AvgIpc) is 2.12. The monoisotopic (exact) mass is 232 g/mol. The van der Waals surface area contributed by atoms with E-state index in [4.69, 9.17) is 23.2 Å². The Morgan fingerprint density at radius 1 is 1.38 bits per heavy atom. The molecule has 0 N–H and O–H groups in total. The zero-order valence-corrected chi connectivity index (χ0v) is 9.12. The van der Waals surface area contributed by atoms with Crippen LogP contribution in [0.4, 0.5) is 0 Å². The maximum Gasteiger partial charge on any atom is 0.0753 e. The van der Waals surface area contributed by atoms with Gasteiger partial charge in [-0.25, -0.2) is 4.41 Å². The topological polar surface area (TPSA) is 15.6 Å². The van der Waals surface area contributed by atoms with Crippen molar-refractivity contribution in [3.05, 3.63) is 27.7 Å². The lowest BCUT2D eigenvalue weighted by Crippen LogP contribution is -2.07. The lowest BCUT2D eigenvalue weighted by atomic mass is 10.2. The van der Waals surface area contributed by atoms with Crippen LogP contribution in [0, 0.1) is 0 Å². The number of halogens is 2. The van der Waals surface area contributed by atoms with Crippen LogP contribution in [0.5, 0.6) is 0 Å². The molecule has 1 heterocycles. The predicted molar refractivity (Wildman–Crippen MR) is 57.7 cm³/mol. The zero-order chi connectivity index (χ0) is 9.42. The van der Waals surface area contributed by atoms with Crippen molar-refractivity contribution in [3.63, 3.8) is 0 Å². The van der Waals surface area contributed by atoms with Gasteiger partial charge in [-0.05, 0) is 6.07 Å². The molecular weight excluding hydrogens is 227 g/mol. The predicted octanol–water partition coefficient (Wildman–Crippen LogP) is 3.28. The van der Waals surface area contributed by atoms with Crippen molar-refractivity contribution < 1.29 is 0 Å². The minimum Gasteiger partial charge on any atom is -0.237 e. The minimum absolute atomic E-state index is 0.580. The van der Waals surface area contributed by atoms with Crippen LogP contribution in [-0.4, -0.2) is 17.7 Å². The Balaban J connectivity index is 2.57. The van der Waals surface area contributed by atoms with E-state index in [-0.39, 0.29) is 0 Å². The van der Waals surface area contributed by atoms with Crippen molar-refractivity contribution in [1.29, 1.82) is 0 Å². The highest BCUT2D eigenvalue weighted by molar-refractivity contribution is 7.97. The van der Waals surface area contributed by atoms with Gasteiger partial charge in [0.05, 0.1) is 21.2 Å². The van der Waals surface area contributed by atoms with Crippen LogP contribution in [0.2, 0.25) is 10.0 Å². The Hall–Kier alpha value is -0.380. The fourth-order valence-electron chi connectivity index (χ4n) is 1.04. The third-order valence-electron chi connectivity index (χ3n) is 1.66. The molecule has 2 rings (SSSR count). The first-order valence-corrected chi connectivity index (χ1v) is 5.15. The van der Waals surface area contributed by atoms with Gasteiger partial charge in [-0.2, -0.15) is 5.10 Å². The van der Waals surface area contributed by atoms with E-state index in [0.29, 0.717) is 10.0 Å². The second kappa shape index (κ2) is 3.40. The number of benzene rings is 1. The van der Waals surface area contributed by atoms with Gasteiger partial charge in [-0.3, -0.25) is 0 Å². The summed E-state index contributed by atoms with van der Waals surface area (Å²) in [6.45, 7) is 0. The molecule has 0 spiro atoms. The molecule has 68 valence electrons. The van der Waals surface area contributed by atoms with Crippen molar-refractivity contribution in [2.75, 3.05) is 7.05 Å². The van der Waals surface area contributed by atoms with E-state index >= 15 is 0 Å². The molecule has 1 aliphatic rings. The normalized spacial score (nSPS) is 14.5. The molecule has 0 bridgehead atoms. The summed E-state index contributed by atoms with van der Waals surface area (Å²) in [4.78, 5) is 0.965. The summed E-state index contributed by atoms with van der Waals surface area (Å²) >= 11 is 13.4. The van der Waals surface area contributed by atoms with E-state index in [1.807, 2.05) is 13.1 Å². The summed E-state index contributed by atoms with van der Waals surface area (Å²) in [5.74, 6) is 0. The molecule has 0 radical (unpaired) electrons. The summed E-state index contributed by atoms with van der Waals surface area (Å²) in [5, 5.41) is 5.29. The Bertz CT molecular complexity index is 379. The molecule has 13 heavy (non-hydrogen) atoms. The van der Waals surface area contributed by atoms with Gasteiger partial charge in [0.25, 0.3) is 0 Å². The van der Waals surface area contributed by atoms with Crippen LogP contribution >= 0.6 is 35.1 Å². The molecule has 1 aromatic carbocycles. The smallest absolute Gasteiger partial charge is 0.0753 e. The van der Waals surface area contributed by atoms with E-state index in [9.17, 15) is 0 Å². The molecule has 0 saturated heterocycles. The third kappa shape index (κ3) is 1.64. The molecule has 5 heteroatoms. The second-order valence-electron chi connectivity index (χ2n) is 2.58. The van der Waals surface area contributed by atoms with Crippen LogP contribution in [0.1, 0.15) is 5.56 Å². The number of fused-ring (bicyclic) bond motifs is 1. The molecule has 2 nitrogen and oxygen atoms in total. The molecule has 0 fully saturated rings. The number of nitrogens with zero attached hydrogens (tertiary/aromatic N) is 2. The van der Waals surface area contributed by atoms with Crippen molar-refractivity contribution in [1.82, 2.24) is 4.41 Å². The lowest BCUT2D eigenvalue weighted by Gasteiger charge is -2.19.